The molecule has 0 spiro atoms. The first-order chi connectivity index (χ1) is 8.56. The number of hydrogen-bond donors (Lipinski definition) is 4. The summed E-state index contributed by atoms with van der Waals surface area (Å²) < 4.78 is 0. The van der Waals surface area contributed by atoms with E-state index < -0.39 is 5.92 Å². The van der Waals surface area contributed by atoms with Gasteiger partial charge in [0.25, 0.3) is 0 Å². The van der Waals surface area contributed by atoms with E-state index in [0.717, 1.165) is 0 Å². The Balaban J connectivity index is 2.43. The van der Waals surface area contributed by atoms with Crippen LogP contribution in [0, 0.1) is 11.3 Å². The summed E-state index contributed by atoms with van der Waals surface area (Å²) in [7, 11) is 0. The largest absolute Gasteiger partial charge is 0.398 e. The molecule has 1 aromatic rings. The first kappa shape index (κ1) is 14.2. The Morgan fingerprint density at radius 3 is 2.78 bits per heavy atom. The van der Waals surface area contributed by atoms with Crippen molar-refractivity contribution in [3.05, 3.63) is 29.8 Å². The summed E-state index contributed by atoms with van der Waals surface area (Å²) in [4.78, 5) is 11.4. The predicted molar refractivity (Wildman–Crippen MR) is 71.6 cm³/mol. The normalized spacial score (nSPS) is 11.9. The molecule has 0 aliphatic carbocycles. The first-order valence-corrected chi connectivity index (χ1v) is 5.87. The Kier molecular flexibility index (Phi) is 5.32. The van der Waals surface area contributed by atoms with Gasteiger partial charge in [-0.05, 0) is 6.07 Å². The van der Waals surface area contributed by atoms with Crippen molar-refractivity contribution in [3.8, 4) is 0 Å². The fourth-order valence-electron chi connectivity index (χ4n) is 1.47. The summed E-state index contributed by atoms with van der Waals surface area (Å²) in [5, 5.41) is 19.4. The number of aliphatic hydroxyl groups excluding tert-OH is 1. The zero-order valence-electron chi connectivity index (χ0n) is 10.4. The fraction of sp³-hybridized carbons (Fsp3) is 0.385. The van der Waals surface area contributed by atoms with Gasteiger partial charge in [0.1, 0.15) is 0 Å². The molecule has 1 aromatic carbocycles. The van der Waals surface area contributed by atoms with Crippen LogP contribution in [0.1, 0.15) is 18.9 Å². The number of rotatable bonds is 6. The first-order valence-electron chi connectivity index (χ1n) is 5.87. The Labute approximate surface area is 107 Å². The molecule has 98 valence electrons. The fourth-order valence-corrected chi connectivity index (χ4v) is 1.47. The number of benzene rings is 1. The maximum atomic E-state index is 11.4. The Hall–Kier alpha value is -1.88. The van der Waals surface area contributed by atoms with Gasteiger partial charge in [-0.1, -0.05) is 25.1 Å². The van der Waals surface area contributed by atoms with Crippen LogP contribution in [0.3, 0.4) is 0 Å². The number of para-hydroxylation sites is 1. The zero-order chi connectivity index (χ0) is 13.5. The molecule has 0 aromatic heterocycles. The van der Waals surface area contributed by atoms with Crippen molar-refractivity contribution in [1.82, 2.24) is 5.32 Å². The van der Waals surface area contributed by atoms with Crippen LogP contribution in [-0.2, 0) is 4.79 Å². The molecule has 0 saturated heterocycles. The number of nitrogens with two attached hydrogens (primary N) is 1. The minimum atomic E-state index is -0.416. The highest BCUT2D eigenvalue weighted by molar-refractivity contribution is 6.02. The van der Waals surface area contributed by atoms with E-state index in [1.54, 1.807) is 19.1 Å². The lowest BCUT2D eigenvalue weighted by Crippen LogP contribution is -2.32. The molecule has 1 amide bonds. The Bertz CT molecular complexity index is 432. The van der Waals surface area contributed by atoms with Crippen molar-refractivity contribution in [2.24, 2.45) is 5.92 Å². The molecule has 0 heterocycles. The van der Waals surface area contributed by atoms with Crippen LogP contribution in [0.15, 0.2) is 24.3 Å². The molecule has 0 fully saturated rings. The molecule has 1 rings (SSSR count). The molecular formula is C13H19N3O2. The lowest BCUT2D eigenvalue weighted by molar-refractivity contribution is -0.125. The van der Waals surface area contributed by atoms with Crippen LogP contribution < -0.4 is 11.1 Å². The molecule has 0 bridgehead atoms. The third kappa shape index (κ3) is 3.85. The van der Waals surface area contributed by atoms with E-state index in [9.17, 15) is 4.79 Å². The lowest BCUT2D eigenvalue weighted by Gasteiger charge is -2.10. The molecule has 1 unspecified atom stereocenters. The molecule has 0 aliphatic rings. The van der Waals surface area contributed by atoms with Crippen molar-refractivity contribution in [3.63, 3.8) is 0 Å². The number of anilines is 1. The molecule has 0 saturated carbocycles. The molecule has 1 atom stereocenters. The van der Waals surface area contributed by atoms with Crippen molar-refractivity contribution < 1.29 is 9.90 Å². The number of hydrogen-bond acceptors (Lipinski definition) is 4. The third-order valence-corrected chi connectivity index (χ3v) is 2.68. The summed E-state index contributed by atoms with van der Waals surface area (Å²) >= 11 is 0. The highest BCUT2D eigenvalue weighted by Gasteiger charge is 2.11. The summed E-state index contributed by atoms with van der Waals surface area (Å²) in [5.41, 5.74) is 7.42. The highest BCUT2D eigenvalue weighted by atomic mass is 16.3. The molecule has 5 nitrogen and oxygen atoms in total. The van der Waals surface area contributed by atoms with Gasteiger partial charge >= 0.3 is 0 Å². The SMILES string of the molecule is CC(CO)C(=O)NCCC(=N)c1ccccc1N. The molecule has 0 radical (unpaired) electrons. The summed E-state index contributed by atoms with van der Waals surface area (Å²) in [6.07, 6.45) is 0.415. The van der Waals surface area contributed by atoms with Crippen LogP contribution in [0.4, 0.5) is 5.69 Å². The van der Waals surface area contributed by atoms with Gasteiger partial charge in [0.05, 0.1) is 12.5 Å². The number of aliphatic hydroxyl groups is 1. The van der Waals surface area contributed by atoms with Gasteiger partial charge in [0.2, 0.25) is 5.91 Å². The number of carbonyl (C=O) groups excluding carboxylic acids is 1. The van der Waals surface area contributed by atoms with Crippen molar-refractivity contribution in [1.29, 1.82) is 5.41 Å². The molecular weight excluding hydrogens is 230 g/mol. The van der Waals surface area contributed by atoms with Gasteiger partial charge in [-0.25, -0.2) is 0 Å². The monoisotopic (exact) mass is 249 g/mol. The standard InChI is InChI=1S/C13H19N3O2/c1-9(8-17)13(18)16-7-6-12(15)10-4-2-3-5-11(10)14/h2-5,9,15,17H,6-8,14H2,1H3,(H,16,18). The van der Waals surface area contributed by atoms with Gasteiger partial charge in [-0.3, -0.25) is 4.79 Å². The van der Waals surface area contributed by atoms with Crippen molar-refractivity contribution in [2.75, 3.05) is 18.9 Å². The quantitative estimate of drug-likeness (QED) is 0.442. The zero-order valence-corrected chi connectivity index (χ0v) is 10.4. The van der Waals surface area contributed by atoms with Crippen molar-refractivity contribution in [2.45, 2.75) is 13.3 Å². The topological polar surface area (TPSA) is 99.2 Å². The van der Waals surface area contributed by atoms with Crippen LogP contribution in [0.2, 0.25) is 0 Å². The van der Waals surface area contributed by atoms with Gasteiger partial charge in [0.15, 0.2) is 0 Å². The van der Waals surface area contributed by atoms with Gasteiger partial charge in [0, 0.05) is 29.9 Å². The van der Waals surface area contributed by atoms with E-state index in [-0.39, 0.29) is 12.5 Å². The van der Waals surface area contributed by atoms with Gasteiger partial charge < -0.3 is 21.6 Å². The van der Waals surface area contributed by atoms with Crippen LogP contribution in [0.25, 0.3) is 0 Å². The Morgan fingerprint density at radius 1 is 1.50 bits per heavy atom. The minimum Gasteiger partial charge on any atom is -0.398 e. The van der Waals surface area contributed by atoms with E-state index >= 15 is 0 Å². The Morgan fingerprint density at radius 2 is 2.17 bits per heavy atom. The molecule has 5 heteroatoms. The van der Waals surface area contributed by atoms with Gasteiger partial charge in [-0.15, -0.1) is 0 Å². The van der Waals surface area contributed by atoms with Crippen LogP contribution in [-0.4, -0.2) is 29.9 Å². The molecule has 5 N–H and O–H groups in total. The number of nitrogen functional groups attached to an aromatic ring is 1. The van der Waals surface area contributed by atoms with Crippen LogP contribution >= 0.6 is 0 Å². The lowest BCUT2D eigenvalue weighted by atomic mass is 10.1. The number of carbonyl (C=O) groups is 1. The minimum absolute atomic E-state index is 0.172. The van der Waals surface area contributed by atoms with E-state index in [0.29, 0.717) is 29.9 Å². The summed E-state index contributed by atoms with van der Waals surface area (Å²) in [5.74, 6) is -0.618. The highest BCUT2D eigenvalue weighted by Crippen LogP contribution is 2.12. The van der Waals surface area contributed by atoms with E-state index in [4.69, 9.17) is 16.2 Å². The van der Waals surface area contributed by atoms with E-state index in [2.05, 4.69) is 5.32 Å². The summed E-state index contributed by atoms with van der Waals surface area (Å²) in [6, 6.07) is 7.18. The maximum absolute atomic E-state index is 11.4. The average Bonchev–Trinajstić information content (AvgIpc) is 2.37. The predicted octanol–water partition coefficient (Wildman–Crippen LogP) is 0.771. The second-order valence-electron chi connectivity index (χ2n) is 4.19. The maximum Gasteiger partial charge on any atom is 0.225 e. The van der Waals surface area contributed by atoms with E-state index in [1.807, 2.05) is 12.1 Å². The average molecular weight is 249 g/mol. The van der Waals surface area contributed by atoms with E-state index in [1.165, 1.54) is 0 Å². The summed E-state index contributed by atoms with van der Waals surface area (Å²) in [6.45, 7) is 1.85. The van der Waals surface area contributed by atoms with Gasteiger partial charge in [-0.2, -0.15) is 0 Å². The van der Waals surface area contributed by atoms with Crippen LogP contribution in [0.5, 0.6) is 0 Å². The smallest absolute Gasteiger partial charge is 0.225 e. The second kappa shape index (κ2) is 6.76. The number of nitrogens with one attached hydrogen (secondary N) is 2. The second-order valence-corrected chi connectivity index (χ2v) is 4.19. The molecule has 0 aliphatic heterocycles. The third-order valence-electron chi connectivity index (χ3n) is 2.68. The van der Waals surface area contributed by atoms with Crippen molar-refractivity contribution >= 4 is 17.3 Å². The number of amides is 1. The molecule has 18 heavy (non-hydrogen) atoms.